The molecular formula is C24H28ClN3O8S. The summed E-state index contributed by atoms with van der Waals surface area (Å²) in [6, 6.07) is 14.9. The minimum Gasteiger partial charge on any atom is -0.497 e. The van der Waals surface area contributed by atoms with Crippen molar-refractivity contribution in [1.82, 2.24) is 15.1 Å². The molecule has 0 unspecified atom stereocenters. The van der Waals surface area contributed by atoms with Crippen LogP contribution < -0.4 is 10.1 Å². The molecule has 1 atom stereocenters. The number of aromatic nitrogens is 2. The van der Waals surface area contributed by atoms with E-state index >= 15 is 0 Å². The summed E-state index contributed by atoms with van der Waals surface area (Å²) in [5, 5.41) is 7.55. The third kappa shape index (κ3) is 8.57. The van der Waals surface area contributed by atoms with E-state index in [9.17, 15) is 18.0 Å². The number of rotatable bonds is 11. The molecule has 0 aliphatic rings. The standard InChI is InChI=1S/C24H26ClN3O7S.H2O/c1-3-35-24(30)21(15-36(31,32)33)26-23(29)13-8-18-14-22(16-4-6-17(25)7-5-16)28(27-18)19-9-11-20(34-2)12-10-19;/h4-7,9-12,14,21H,3,8,13,15H2,1-2H3,(H,26,29)(H,31,32,33);1H2/t21-;/m0./s1. The predicted octanol–water partition coefficient (Wildman–Crippen LogP) is 2.24. The molecule has 11 nitrogen and oxygen atoms in total. The SMILES string of the molecule is CCOC(=O)[C@H](CS(=O)(=O)O)NC(=O)CCc1cc(-c2ccc(Cl)cc2)n(-c2ccc(OC)cc2)n1.O. The number of amides is 1. The highest BCUT2D eigenvalue weighted by Gasteiger charge is 2.27. The lowest BCUT2D eigenvalue weighted by atomic mass is 10.1. The first-order chi connectivity index (χ1) is 17.1. The number of benzene rings is 2. The molecule has 0 spiro atoms. The monoisotopic (exact) mass is 553 g/mol. The van der Waals surface area contributed by atoms with Crippen LogP contribution in [0.15, 0.2) is 54.6 Å². The van der Waals surface area contributed by atoms with Crippen LogP contribution in [0, 0.1) is 0 Å². The molecule has 0 saturated heterocycles. The van der Waals surface area contributed by atoms with Gasteiger partial charge in [-0.15, -0.1) is 0 Å². The van der Waals surface area contributed by atoms with Gasteiger partial charge in [0, 0.05) is 23.4 Å². The second-order valence-corrected chi connectivity index (χ2v) is 9.69. The van der Waals surface area contributed by atoms with E-state index in [4.69, 9.17) is 25.6 Å². The zero-order valence-electron chi connectivity index (χ0n) is 20.2. The lowest BCUT2D eigenvalue weighted by Gasteiger charge is -2.15. The van der Waals surface area contributed by atoms with Crippen LogP contribution in [0.1, 0.15) is 19.0 Å². The first-order valence-electron chi connectivity index (χ1n) is 11.0. The summed E-state index contributed by atoms with van der Waals surface area (Å²) in [7, 11) is -2.94. The number of nitrogens with zero attached hydrogens (tertiary/aromatic N) is 2. The van der Waals surface area contributed by atoms with Gasteiger partial charge in [-0.1, -0.05) is 23.7 Å². The van der Waals surface area contributed by atoms with E-state index < -0.39 is 33.8 Å². The van der Waals surface area contributed by atoms with Gasteiger partial charge in [-0.05, 0) is 49.4 Å². The van der Waals surface area contributed by atoms with Crippen molar-refractivity contribution in [3.05, 3.63) is 65.3 Å². The van der Waals surface area contributed by atoms with Gasteiger partial charge in [-0.3, -0.25) is 9.35 Å². The van der Waals surface area contributed by atoms with Crippen LogP contribution in [-0.4, -0.2) is 65.6 Å². The van der Waals surface area contributed by atoms with Crippen molar-refractivity contribution in [3.8, 4) is 22.7 Å². The van der Waals surface area contributed by atoms with Crippen LogP contribution in [0.3, 0.4) is 0 Å². The molecule has 3 aromatic rings. The lowest BCUT2D eigenvalue weighted by molar-refractivity contribution is -0.146. The molecule has 0 aliphatic carbocycles. The van der Waals surface area contributed by atoms with Crippen molar-refractivity contribution < 1.29 is 37.5 Å². The van der Waals surface area contributed by atoms with Crippen molar-refractivity contribution in [2.75, 3.05) is 19.5 Å². The smallest absolute Gasteiger partial charge is 0.329 e. The highest BCUT2D eigenvalue weighted by atomic mass is 35.5. The van der Waals surface area contributed by atoms with E-state index in [1.54, 1.807) is 43.0 Å². The predicted molar refractivity (Wildman–Crippen MR) is 137 cm³/mol. The molecule has 0 aliphatic heterocycles. The number of carbonyl (C=O) groups excluding carboxylic acids is 2. The minimum absolute atomic E-state index is 0. The average molecular weight is 554 g/mol. The first-order valence-corrected chi connectivity index (χ1v) is 13.0. The maximum absolute atomic E-state index is 12.5. The normalized spacial score (nSPS) is 11.8. The van der Waals surface area contributed by atoms with Crippen molar-refractivity contribution in [3.63, 3.8) is 0 Å². The fourth-order valence-electron chi connectivity index (χ4n) is 3.43. The molecule has 1 amide bonds. The molecule has 13 heteroatoms. The van der Waals surface area contributed by atoms with Gasteiger partial charge in [0.05, 0.1) is 30.8 Å². The second kappa shape index (κ2) is 13.2. The highest BCUT2D eigenvalue weighted by molar-refractivity contribution is 7.85. The number of esters is 1. The van der Waals surface area contributed by atoms with E-state index in [0.29, 0.717) is 16.5 Å². The summed E-state index contributed by atoms with van der Waals surface area (Å²) in [4.78, 5) is 24.5. The van der Waals surface area contributed by atoms with Gasteiger partial charge in [-0.2, -0.15) is 13.5 Å². The molecule has 37 heavy (non-hydrogen) atoms. The quantitative estimate of drug-likeness (QED) is 0.269. The molecular weight excluding hydrogens is 526 g/mol. The minimum atomic E-state index is -4.52. The highest BCUT2D eigenvalue weighted by Crippen LogP contribution is 2.27. The topological polar surface area (TPSA) is 168 Å². The molecule has 200 valence electrons. The Morgan fingerprint density at radius 2 is 1.78 bits per heavy atom. The zero-order valence-corrected chi connectivity index (χ0v) is 21.8. The molecule has 0 fully saturated rings. The summed E-state index contributed by atoms with van der Waals surface area (Å²) in [5.41, 5.74) is 2.98. The molecule has 0 radical (unpaired) electrons. The second-order valence-electron chi connectivity index (χ2n) is 7.76. The van der Waals surface area contributed by atoms with E-state index in [1.807, 2.05) is 30.3 Å². The number of aryl methyl sites for hydroxylation is 1. The fraction of sp³-hybridized carbons (Fsp3) is 0.292. The zero-order chi connectivity index (χ0) is 26.3. The molecule has 3 rings (SSSR count). The average Bonchev–Trinajstić information content (AvgIpc) is 3.26. The van der Waals surface area contributed by atoms with Gasteiger partial charge in [0.1, 0.15) is 17.5 Å². The van der Waals surface area contributed by atoms with Gasteiger partial charge in [0.15, 0.2) is 0 Å². The summed E-state index contributed by atoms with van der Waals surface area (Å²) >= 11 is 6.04. The Labute approximate surface area is 219 Å². The summed E-state index contributed by atoms with van der Waals surface area (Å²) in [6.45, 7) is 1.54. The van der Waals surface area contributed by atoms with Crippen LogP contribution >= 0.6 is 11.6 Å². The number of hydrogen-bond donors (Lipinski definition) is 2. The molecule has 2 aromatic carbocycles. The summed E-state index contributed by atoms with van der Waals surface area (Å²) < 4.78 is 43.4. The number of hydrogen-bond acceptors (Lipinski definition) is 7. The molecule has 1 aromatic heterocycles. The van der Waals surface area contributed by atoms with E-state index in [2.05, 4.69) is 10.4 Å². The van der Waals surface area contributed by atoms with Gasteiger partial charge < -0.3 is 20.3 Å². The molecule has 0 bridgehead atoms. The summed E-state index contributed by atoms with van der Waals surface area (Å²) in [6.07, 6.45) is 0.123. The largest absolute Gasteiger partial charge is 0.497 e. The van der Waals surface area contributed by atoms with E-state index in [0.717, 1.165) is 16.9 Å². The fourth-order valence-corrected chi connectivity index (χ4v) is 4.20. The number of carbonyl (C=O) groups is 2. The number of methoxy groups -OCH3 is 1. The van der Waals surface area contributed by atoms with Crippen LogP contribution in [0.25, 0.3) is 16.9 Å². The van der Waals surface area contributed by atoms with Gasteiger partial charge in [-0.25, -0.2) is 9.48 Å². The van der Waals surface area contributed by atoms with Crippen molar-refractivity contribution >= 4 is 33.6 Å². The lowest BCUT2D eigenvalue weighted by Crippen LogP contribution is -2.46. The summed E-state index contributed by atoms with van der Waals surface area (Å²) in [5.74, 6) is -1.83. The van der Waals surface area contributed by atoms with Crippen LogP contribution in [-0.2, 0) is 30.9 Å². The Morgan fingerprint density at radius 1 is 1.14 bits per heavy atom. The van der Waals surface area contributed by atoms with Crippen LogP contribution in [0.5, 0.6) is 5.75 Å². The third-order valence-corrected chi connectivity index (χ3v) is 6.12. The van der Waals surface area contributed by atoms with Gasteiger partial charge >= 0.3 is 5.97 Å². The van der Waals surface area contributed by atoms with Crippen molar-refractivity contribution in [2.45, 2.75) is 25.8 Å². The molecule has 4 N–H and O–H groups in total. The Bertz CT molecular complexity index is 1310. The van der Waals surface area contributed by atoms with Crippen LogP contribution in [0.2, 0.25) is 5.02 Å². The Kier molecular flexibility index (Phi) is 10.6. The van der Waals surface area contributed by atoms with E-state index in [-0.39, 0.29) is 24.9 Å². The van der Waals surface area contributed by atoms with E-state index in [1.165, 1.54) is 0 Å². The Balaban J connectivity index is 0.00000481. The maximum atomic E-state index is 12.5. The Morgan fingerprint density at radius 3 is 2.35 bits per heavy atom. The maximum Gasteiger partial charge on any atom is 0.329 e. The number of nitrogens with one attached hydrogen (secondary N) is 1. The number of ether oxygens (including phenoxy) is 2. The first kappa shape index (κ1) is 29.8. The van der Waals surface area contributed by atoms with Crippen LogP contribution in [0.4, 0.5) is 0 Å². The molecule has 1 heterocycles. The van der Waals surface area contributed by atoms with Crippen molar-refractivity contribution in [2.24, 2.45) is 0 Å². The van der Waals surface area contributed by atoms with Crippen molar-refractivity contribution in [1.29, 1.82) is 0 Å². The third-order valence-electron chi connectivity index (χ3n) is 5.11. The van der Waals surface area contributed by atoms with Gasteiger partial charge in [0.25, 0.3) is 10.1 Å². The number of halogens is 1. The Hall–Kier alpha value is -3.45. The molecule has 0 saturated carbocycles. The van der Waals surface area contributed by atoms with Gasteiger partial charge in [0.2, 0.25) is 5.91 Å².